The first-order valence-electron chi connectivity index (χ1n) is 8.36. The van der Waals surface area contributed by atoms with Gasteiger partial charge in [0.25, 0.3) is 0 Å². The fourth-order valence-corrected chi connectivity index (χ4v) is 1.57. The van der Waals surface area contributed by atoms with Crippen molar-refractivity contribution in [1.29, 1.82) is 0 Å². The zero-order valence-corrected chi connectivity index (χ0v) is 14.0. The van der Waals surface area contributed by atoms with E-state index in [2.05, 4.69) is 17.6 Å². The molecule has 0 aliphatic carbocycles. The first-order valence-corrected chi connectivity index (χ1v) is 8.36. The molecular formula is C16H37N3O. The van der Waals surface area contributed by atoms with Crippen LogP contribution in [0.2, 0.25) is 0 Å². The van der Waals surface area contributed by atoms with Crippen molar-refractivity contribution in [3.8, 4) is 0 Å². The molecule has 122 valence electrons. The van der Waals surface area contributed by atoms with E-state index in [1.165, 1.54) is 32.2 Å². The molecule has 0 radical (unpaired) electrons. The van der Waals surface area contributed by atoms with Gasteiger partial charge < -0.3 is 16.4 Å². The molecule has 4 N–H and O–H groups in total. The Morgan fingerprint density at radius 2 is 1.30 bits per heavy atom. The summed E-state index contributed by atoms with van der Waals surface area (Å²) >= 11 is 0. The molecule has 0 unspecified atom stereocenters. The van der Waals surface area contributed by atoms with Crippen molar-refractivity contribution in [2.45, 2.75) is 65.7 Å². The van der Waals surface area contributed by atoms with Crippen LogP contribution in [0.3, 0.4) is 0 Å². The summed E-state index contributed by atoms with van der Waals surface area (Å²) in [5.74, 6) is 0.343. The molecule has 0 atom stereocenters. The van der Waals surface area contributed by atoms with Gasteiger partial charge in [-0.05, 0) is 52.0 Å². The fraction of sp³-hybridized carbons (Fsp3) is 0.938. The summed E-state index contributed by atoms with van der Waals surface area (Å²) < 4.78 is 0. The molecule has 0 aliphatic heterocycles. The molecular weight excluding hydrogens is 250 g/mol. The van der Waals surface area contributed by atoms with E-state index in [9.17, 15) is 4.79 Å². The van der Waals surface area contributed by atoms with E-state index in [0.29, 0.717) is 18.6 Å². The van der Waals surface area contributed by atoms with Crippen LogP contribution in [-0.2, 0) is 4.79 Å². The Kier molecular flexibility index (Phi) is 22.8. The highest BCUT2D eigenvalue weighted by atomic mass is 16.1. The van der Waals surface area contributed by atoms with Crippen molar-refractivity contribution in [3.05, 3.63) is 0 Å². The monoisotopic (exact) mass is 287 g/mol. The summed E-state index contributed by atoms with van der Waals surface area (Å²) in [5, 5.41) is 6.81. The maximum atomic E-state index is 10.2. The molecule has 0 aliphatic rings. The third kappa shape index (κ3) is 22.7. The number of carbonyl (C=O) groups is 1. The Hall–Kier alpha value is -0.450. The SMILES string of the molecule is CCC(=O)CC.CCCCCNCCCNCCCN. The molecule has 0 saturated carbocycles. The maximum absolute atomic E-state index is 10.2. The quantitative estimate of drug-likeness (QED) is 0.455. The van der Waals surface area contributed by atoms with Crippen molar-refractivity contribution in [2.24, 2.45) is 5.73 Å². The summed E-state index contributed by atoms with van der Waals surface area (Å²) in [5.41, 5.74) is 5.39. The zero-order valence-electron chi connectivity index (χ0n) is 14.0. The lowest BCUT2D eigenvalue weighted by atomic mass is 10.2. The van der Waals surface area contributed by atoms with Crippen molar-refractivity contribution < 1.29 is 4.79 Å². The molecule has 4 nitrogen and oxygen atoms in total. The van der Waals surface area contributed by atoms with E-state index >= 15 is 0 Å². The normalized spacial score (nSPS) is 10.0. The second-order valence-corrected chi connectivity index (χ2v) is 4.95. The van der Waals surface area contributed by atoms with Crippen LogP contribution in [0.4, 0.5) is 0 Å². The molecule has 0 rings (SSSR count). The van der Waals surface area contributed by atoms with Crippen LogP contribution in [-0.4, -0.2) is 38.5 Å². The van der Waals surface area contributed by atoms with Crippen molar-refractivity contribution in [2.75, 3.05) is 32.7 Å². The fourth-order valence-electron chi connectivity index (χ4n) is 1.57. The number of ketones is 1. The minimum absolute atomic E-state index is 0.343. The van der Waals surface area contributed by atoms with Gasteiger partial charge in [0.2, 0.25) is 0 Å². The summed E-state index contributed by atoms with van der Waals surface area (Å²) in [6.45, 7) is 11.3. The van der Waals surface area contributed by atoms with Crippen LogP contribution < -0.4 is 16.4 Å². The van der Waals surface area contributed by atoms with Crippen LogP contribution in [0, 0.1) is 0 Å². The topological polar surface area (TPSA) is 67.2 Å². The first kappa shape index (κ1) is 21.8. The summed E-state index contributed by atoms with van der Waals surface area (Å²) in [7, 11) is 0. The summed E-state index contributed by atoms with van der Waals surface area (Å²) in [4.78, 5) is 10.2. The standard InChI is InChI=1S/C11H27N3.C5H10O/c1-2-3-4-8-13-10-6-11-14-9-5-7-12;1-3-5(6)4-2/h13-14H,2-12H2,1H3;3-4H2,1-2H3. The molecule has 0 heterocycles. The highest BCUT2D eigenvalue weighted by molar-refractivity contribution is 5.77. The molecule has 0 aromatic carbocycles. The van der Waals surface area contributed by atoms with Gasteiger partial charge in [-0.2, -0.15) is 0 Å². The van der Waals surface area contributed by atoms with Crippen molar-refractivity contribution >= 4 is 5.78 Å². The second kappa shape index (κ2) is 20.9. The second-order valence-electron chi connectivity index (χ2n) is 4.95. The number of rotatable bonds is 13. The van der Waals surface area contributed by atoms with Crippen LogP contribution in [0.5, 0.6) is 0 Å². The maximum Gasteiger partial charge on any atom is 0.132 e. The van der Waals surface area contributed by atoms with E-state index < -0.39 is 0 Å². The molecule has 0 spiro atoms. The van der Waals surface area contributed by atoms with Crippen LogP contribution in [0.1, 0.15) is 65.7 Å². The summed E-state index contributed by atoms with van der Waals surface area (Å²) in [6.07, 6.45) is 7.66. The van der Waals surface area contributed by atoms with Gasteiger partial charge in [0.15, 0.2) is 0 Å². The number of nitrogens with one attached hydrogen (secondary N) is 2. The molecule has 0 saturated heterocycles. The number of hydrogen-bond donors (Lipinski definition) is 3. The average Bonchev–Trinajstić information content (AvgIpc) is 2.49. The lowest BCUT2D eigenvalue weighted by Gasteiger charge is -2.05. The molecule has 0 aromatic rings. The lowest BCUT2D eigenvalue weighted by molar-refractivity contribution is -0.118. The van der Waals surface area contributed by atoms with Gasteiger partial charge in [-0.1, -0.05) is 33.6 Å². The Morgan fingerprint density at radius 1 is 0.800 bits per heavy atom. The highest BCUT2D eigenvalue weighted by Crippen LogP contribution is 1.90. The predicted molar refractivity (Wildman–Crippen MR) is 89.1 cm³/mol. The van der Waals surface area contributed by atoms with Gasteiger partial charge in [0, 0.05) is 12.8 Å². The van der Waals surface area contributed by atoms with E-state index in [1.54, 1.807) is 0 Å². The number of unbranched alkanes of at least 4 members (excludes halogenated alkanes) is 2. The Balaban J connectivity index is 0. The largest absolute Gasteiger partial charge is 0.330 e. The molecule has 20 heavy (non-hydrogen) atoms. The highest BCUT2D eigenvalue weighted by Gasteiger charge is 1.89. The van der Waals surface area contributed by atoms with Gasteiger partial charge in [0.1, 0.15) is 5.78 Å². The number of carbonyl (C=O) groups excluding carboxylic acids is 1. The van der Waals surface area contributed by atoms with Crippen molar-refractivity contribution in [1.82, 2.24) is 10.6 Å². The van der Waals surface area contributed by atoms with Gasteiger partial charge in [-0.15, -0.1) is 0 Å². The Morgan fingerprint density at radius 3 is 1.70 bits per heavy atom. The lowest BCUT2D eigenvalue weighted by Crippen LogP contribution is -2.24. The van der Waals surface area contributed by atoms with Gasteiger partial charge in [-0.25, -0.2) is 0 Å². The van der Waals surface area contributed by atoms with Crippen molar-refractivity contribution in [3.63, 3.8) is 0 Å². The van der Waals surface area contributed by atoms with Crippen LogP contribution >= 0.6 is 0 Å². The molecule has 0 bridgehead atoms. The van der Waals surface area contributed by atoms with E-state index in [1.807, 2.05) is 13.8 Å². The van der Waals surface area contributed by atoms with Crippen LogP contribution in [0.25, 0.3) is 0 Å². The van der Waals surface area contributed by atoms with Gasteiger partial charge >= 0.3 is 0 Å². The molecule has 0 amide bonds. The third-order valence-electron chi connectivity index (χ3n) is 3.01. The smallest absolute Gasteiger partial charge is 0.132 e. The van der Waals surface area contributed by atoms with Gasteiger partial charge in [0.05, 0.1) is 0 Å². The predicted octanol–water partition coefficient (Wildman–Crippen LogP) is 2.47. The van der Waals surface area contributed by atoms with E-state index in [-0.39, 0.29) is 0 Å². The molecule has 0 aromatic heterocycles. The third-order valence-corrected chi connectivity index (χ3v) is 3.01. The minimum atomic E-state index is 0.343. The Bertz CT molecular complexity index is 169. The van der Waals surface area contributed by atoms with Gasteiger partial charge in [-0.3, -0.25) is 4.79 Å². The number of hydrogen-bond acceptors (Lipinski definition) is 4. The number of Topliss-reactive ketones (excluding diaryl/α,β-unsaturated/α-hetero) is 1. The zero-order chi connectivity index (χ0) is 15.5. The average molecular weight is 287 g/mol. The molecule has 0 fully saturated rings. The molecule has 4 heteroatoms. The first-order chi connectivity index (χ1) is 9.72. The van der Waals surface area contributed by atoms with E-state index in [4.69, 9.17) is 5.73 Å². The van der Waals surface area contributed by atoms with Crippen LogP contribution in [0.15, 0.2) is 0 Å². The summed E-state index contributed by atoms with van der Waals surface area (Å²) in [6, 6.07) is 0. The Labute approximate surface area is 126 Å². The van der Waals surface area contributed by atoms with E-state index in [0.717, 1.165) is 32.6 Å². The minimum Gasteiger partial charge on any atom is -0.330 e. The number of nitrogens with two attached hydrogens (primary N) is 1.